The van der Waals surface area contributed by atoms with Crippen LogP contribution < -0.4 is 10.6 Å². The van der Waals surface area contributed by atoms with Crippen molar-refractivity contribution in [2.45, 2.75) is 89.4 Å². The highest BCUT2D eigenvalue weighted by molar-refractivity contribution is 6.32. The topological polar surface area (TPSA) is 94.7 Å². The number of halogens is 1. The summed E-state index contributed by atoms with van der Waals surface area (Å²) in [5.41, 5.74) is 5.14. The fraction of sp³-hybridized carbons (Fsp3) is 0.526. The van der Waals surface area contributed by atoms with Gasteiger partial charge in [-0.2, -0.15) is 5.26 Å². The minimum atomic E-state index is -0.264. The molecule has 3 heterocycles. The zero-order valence-electron chi connectivity index (χ0n) is 27.7. The third-order valence-electron chi connectivity index (χ3n) is 11.6. The van der Waals surface area contributed by atoms with Gasteiger partial charge in [0.15, 0.2) is 0 Å². The Morgan fingerprint density at radius 3 is 2.34 bits per heavy atom. The number of hydrogen-bond acceptors (Lipinski definition) is 7. The van der Waals surface area contributed by atoms with Crippen molar-refractivity contribution in [1.82, 2.24) is 24.9 Å². The highest BCUT2D eigenvalue weighted by atomic mass is 35.5. The summed E-state index contributed by atoms with van der Waals surface area (Å²) in [6.45, 7) is 8.96. The van der Waals surface area contributed by atoms with Crippen molar-refractivity contribution in [1.29, 1.82) is 5.26 Å². The molecule has 244 valence electrons. The Morgan fingerprint density at radius 1 is 0.979 bits per heavy atom. The van der Waals surface area contributed by atoms with Crippen LogP contribution in [0.4, 0.5) is 11.4 Å². The molecule has 0 unspecified atom stereocenters. The Morgan fingerprint density at radius 2 is 1.68 bits per heavy atom. The quantitative estimate of drug-likeness (QED) is 0.208. The number of likely N-dealkylation sites (tertiary alicyclic amines) is 1. The van der Waals surface area contributed by atoms with E-state index in [2.05, 4.69) is 82.7 Å². The lowest BCUT2D eigenvalue weighted by Crippen LogP contribution is -2.51. The number of nitrogens with one attached hydrogen (secondary N) is 2. The normalized spacial score (nSPS) is 26.7. The maximum Gasteiger partial charge on any atom is 0.109 e. The first-order valence-electron chi connectivity index (χ1n) is 17.5. The summed E-state index contributed by atoms with van der Waals surface area (Å²) in [6.07, 6.45) is 12.6. The van der Waals surface area contributed by atoms with Gasteiger partial charge in [0.25, 0.3) is 0 Å². The molecule has 2 aromatic heterocycles. The number of nitriles is 1. The molecule has 4 saturated carbocycles. The first-order valence-corrected chi connectivity index (χ1v) is 17.9. The van der Waals surface area contributed by atoms with Gasteiger partial charge in [-0.1, -0.05) is 47.1 Å². The van der Waals surface area contributed by atoms with E-state index in [9.17, 15) is 5.26 Å². The van der Waals surface area contributed by atoms with Gasteiger partial charge in [0.05, 0.1) is 40.7 Å². The van der Waals surface area contributed by atoms with E-state index >= 15 is 0 Å². The highest BCUT2D eigenvalue weighted by Gasteiger charge is 2.48. The molecule has 4 aromatic rings. The van der Waals surface area contributed by atoms with E-state index in [1.807, 2.05) is 18.2 Å². The largest absolute Gasteiger partial charge is 0.380 e. The lowest BCUT2D eigenvalue weighted by molar-refractivity contribution is 0.00757. The van der Waals surface area contributed by atoms with Crippen LogP contribution in [0.3, 0.4) is 0 Å². The van der Waals surface area contributed by atoms with Crippen molar-refractivity contribution < 1.29 is 0 Å². The van der Waals surface area contributed by atoms with Gasteiger partial charge in [0, 0.05) is 41.3 Å². The van der Waals surface area contributed by atoms with Gasteiger partial charge in [-0.15, -0.1) is 5.10 Å². The smallest absolute Gasteiger partial charge is 0.109 e. The van der Waals surface area contributed by atoms with Gasteiger partial charge in [-0.25, -0.2) is 4.68 Å². The Bertz CT molecular complexity index is 1770. The van der Waals surface area contributed by atoms with Gasteiger partial charge < -0.3 is 10.6 Å². The van der Waals surface area contributed by atoms with Crippen LogP contribution in [-0.4, -0.2) is 49.5 Å². The van der Waals surface area contributed by atoms with Gasteiger partial charge in [0.1, 0.15) is 11.8 Å². The Balaban J connectivity index is 1.12. The molecule has 2 N–H and O–H groups in total. The predicted octanol–water partition coefficient (Wildman–Crippen LogP) is 8.22. The SMILES string of the molecule is CC(C)(C)N1CCC(n2cc([C@@H](Nc3cc(Cl)cc4c(NC5C6CC7CC(C6)CC5C7)c(C#N)cnc34)c3ccccc3)nn2)CC1. The predicted molar refractivity (Wildman–Crippen MR) is 187 cm³/mol. The molecule has 1 saturated heterocycles. The molecule has 0 spiro atoms. The van der Waals surface area contributed by atoms with E-state index in [0.717, 1.165) is 71.3 Å². The summed E-state index contributed by atoms with van der Waals surface area (Å²) >= 11 is 6.87. The molecule has 0 amide bonds. The van der Waals surface area contributed by atoms with Crippen molar-refractivity contribution in [2.24, 2.45) is 23.7 Å². The zero-order valence-corrected chi connectivity index (χ0v) is 28.4. The van der Waals surface area contributed by atoms with Crippen molar-refractivity contribution in [3.63, 3.8) is 0 Å². The lowest BCUT2D eigenvalue weighted by atomic mass is 9.54. The van der Waals surface area contributed by atoms with Crippen LogP contribution in [0, 0.1) is 35.0 Å². The van der Waals surface area contributed by atoms with Crippen LogP contribution in [0.25, 0.3) is 10.9 Å². The van der Waals surface area contributed by atoms with Gasteiger partial charge >= 0.3 is 0 Å². The average Bonchev–Trinajstić information content (AvgIpc) is 3.55. The third-order valence-corrected chi connectivity index (χ3v) is 11.9. The molecule has 8 nitrogen and oxygen atoms in total. The summed E-state index contributed by atoms with van der Waals surface area (Å²) < 4.78 is 2.06. The van der Waals surface area contributed by atoms with Crippen LogP contribution in [0.2, 0.25) is 5.02 Å². The molecular formula is C38H45ClN8. The second-order valence-electron chi connectivity index (χ2n) is 15.6. The molecule has 2 aromatic carbocycles. The van der Waals surface area contributed by atoms with Crippen LogP contribution in [0.15, 0.2) is 54.9 Å². The number of hydrogen-bond donors (Lipinski definition) is 2. The monoisotopic (exact) mass is 648 g/mol. The molecule has 47 heavy (non-hydrogen) atoms. The maximum atomic E-state index is 10.2. The fourth-order valence-electron chi connectivity index (χ4n) is 9.48. The second-order valence-corrected chi connectivity index (χ2v) is 16.0. The third kappa shape index (κ3) is 5.87. The van der Waals surface area contributed by atoms with E-state index in [-0.39, 0.29) is 11.6 Å². The summed E-state index contributed by atoms with van der Waals surface area (Å²) in [6, 6.07) is 17.1. The van der Waals surface area contributed by atoms with E-state index < -0.39 is 0 Å². The second kappa shape index (κ2) is 12.1. The summed E-state index contributed by atoms with van der Waals surface area (Å²) in [7, 11) is 0. The lowest BCUT2D eigenvalue weighted by Gasteiger charge is -2.54. The average molecular weight is 649 g/mol. The molecule has 0 radical (unpaired) electrons. The van der Waals surface area contributed by atoms with Crippen molar-refractivity contribution in [2.75, 3.05) is 23.7 Å². The molecule has 4 bridgehead atoms. The van der Waals surface area contributed by atoms with E-state index in [1.165, 1.54) is 32.1 Å². The number of rotatable bonds is 7. The number of piperidine rings is 1. The Hall–Kier alpha value is -3.67. The molecular weight excluding hydrogens is 604 g/mol. The molecule has 9 rings (SSSR count). The first kappa shape index (κ1) is 30.7. The summed E-state index contributed by atoms with van der Waals surface area (Å²) in [5, 5.41) is 28.8. The van der Waals surface area contributed by atoms with Crippen molar-refractivity contribution in [3.05, 3.63) is 76.7 Å². The number of pyridine rings is 1. The molecule has 9 heteroatoms. The van der Waals surface area contributed by atoms with Gasteiger partial charge in [-0.3, -0.25) is 9.88 Å². The molecule has 5 aliphatic rings. The van der Waals surface area contributed by atoms with Gasteiger partial charge in [0.2, 0.25) is 0 Å². The van der Waals surface area contributed by atoms with Crippen molar-refractivity contribution in [3.8, 4) is 6.07 Å². The fourth-order valence-corrected chi connectivity index (χ4v) is 9.70. The van der Waals surface area contributed by atoms with E-state index in [4.69, 9.17) is 21.7 Å². The van der Waals surface area contributed by atoms with Crippen LogP contribution in [-0.2, 0) is 0 Å². The molecule has 1 atom stereocenters. The highest BCUT2D eigenvalue weighted by Crippen LogP contribution is 2.55. The molecule has 1 aliphatic heterocycles. The van der Waals surface area contributed by atoms with Crippen LogP contribution >= 0.6 is 11.6 Å². The summed E-state index contributed by atoms with van der Waals surface area (Å²) in [4.78, 5) is 7.41. The minimum absolute atomic E-state index is 0.174. The zero-order chi connectivity index (χ0) is 32.3. The summed E-state index contributed by atoms with van der Waals surface area (Å²) in [5.74, 6) is 3.11. The number of fused-ring (bicyclic) bond motifs is 1. The van der Waals surface area contributed by atoms with E-state index in [1.54, 1.807) is 6.20 Å². The van der Waals surface area contributed by atoms with Crippen LogP contribution in [0.1, 0.15) is 94.6 Å². The molecule has 5 fully saturated rings. The Labute approximate surface area is 282 Å². The standard InChI is InChI=1S/C38H45ClN8/c1-38(2,3)46-11-9-30(10-12-46)47-22-33(44-45-47)36(25-7-5-4-6-8-25)42-32-19-29(39)18-31-35(28(20-40)21-41-37(31)32)43-34-26-14-23-13-24(16-26)17-27(34)15-23/h4-8,18-19,21-24,26-27,30,34,36,42H,9-17H2,1-3H3,(H,41,43)/t23?,24?,26?,27?,34?,36-/m0/s1. The number of anilines is 2. The number of nitrogens with zero attached hydrogens (tertiary/aromatic N) is 6. The first-order chi connectivity index (χ1) is 22.7. The molecule has 4 aliphatic carbocycles. The number of benzene rings is 2. The number of aromatic nitrogens is 4. The van der Waals surface area contributed by atoms with Crippen LogP contribution in [0.5, 0.6) is 0 Å². The van der Waals surface area contributed by atoms with E-state index in [0.29, 0.717) is 34.5 Å². The van der Waals surface area contributed by atoms with Gasteiger partial charge in [-0.05, 0) is 107 Å². The Kier molecular flexibility index (Phi) is 7.89. The maximum absolute atomic E-state index is 10.2. The minimum Gasteiger partial charge on any atom is -0.380 e. The van der Waals surface area contributed by atoms with Crippen molar-refractivity contribution >= 4 is 33.9 Å².